The first kappa shape index (κ1) is 13.5. The molecule has 2 N–H and O–H groups in total. The number of carbonyl (C=O) groups is 1. The summed E-state index contributed by atoms with van der Waals surface area (Å²) in [7, 11) is 0. The van der Waals surface area contributed by atoms with Crippen LogP contribution < -0.4 is 5.73 Å². The van der Waals surface area contributed by atoms with Crippen LogP contribution in [0.5, 0.6) is 0 Å². The molecule has 0 radical (unpaired) electrons. The van der Waals surface area contributed by atoms with E-state index in [2.05, 4.69) is 4.98 Å². The van der Waals surface area contributed by atoms with Gasteiger partial charge in [-0.05, 0) is 6.07 Å². The molecule has 1 aliphatic heterocycles. The molecule has 7 heteroatoms. The SMILES string of the molecule is NC(=O)C1COCCN1Cc1cnc(Cl)cc1Cl. The number of primary amides is 1. The summed E-state index contributed by atoms with van der Waals surface area (Å²) in [5.74, 6) is -0.396. The Bertz CT molecular complexity index is 456. The molecule has 5 nitrogen and oxygen atoms in total. The van der Waals surface area contributed by atoms with Gasteiger partial charge >= 0.3 is 0 Å². The summed E-state index contributed by atoms with van der Waals surface area (Å²) in [6.45, 7) is 2.02. The zero-order valence-electron chi connectivity index (χ0n) is 9.60. The molecule has 0 spiro atoms. The molecule has 1 unspecified atom stereocenters. The zero-order valence-corrected chi connectivity index (χ0v) is 11.1. The molecule has 1 fully saturated rings. The molecule has 0 saturated carbocycles. The summed E-state index contributed by atoms with van der Waals surface area (Å²) in [4.78, 5) is 17.2. The van der Waals surface area contributed by atoms with E-state index in [1.54, 1.807) is 12.3 Å². The van der Waals surface area contributed by atoms with Crippen molar-refractivity contribution in [3.63, 3.8) is 0 Å². The molecule has 0 bridgehead atoms. The summed E-state index contributed by atoms with van der Waals surface area (Å²) in [6, 6.07) is 1.16. The molecule has 2 heterocycles. The fraction of sp³-hybridized carbons (Fsp3) is 0.455. The summed E-state index contributed by atoms with van der Waals surface area (Å²) in [5.41, 5.74) is 6.16. The van der Waals surface area contributed by atoms with Gasteiger partial charge < -0.3 is 10.5 Å². The van der Waals surface area contributed by atoms with E-state index in [0.717, 1.165) is 5.56 Å². The van der Waals surface area contributed by atoms with E-state index < -0.39 is 11.9 Å². The Balaban J connectivity index is 2.13. The first-order valence-electron chi connectivity index (χ1n) is 5.49. The van der Waals surface area contributed by atoms with Gasteiger partial charge in [0.05, 0.1) is 13.2 Å². The van der Waals surface area contributed by atoms with E-state index in [1.165, 1.54) is 0 Å². The lowest BCUT2D eigenvalue weighted by Gasteiger charge is -2.33. The molecule has 18 heavy (non-hydrogen) atoms. The van der Waals surface area contributed by atoms with Gasteiger partial charge in [-0.25, -0.2) is 4.98 Å². The zero-order chi connectivity index (χ0) is 13.1. The van der Waals surface area contributed by atoms with Crippen molar-refractivity contribution < 1.29 is 9.53 Å². The number of amides is 1. The third kappa shape index (κ3) is 3.11. The highest BCUT2D eigenvalue weighted by molar-refractivity contribution is 6.34. The van der Waals surface area contributed by atoms with Crippen molar-refractivity contribution in [2.75, 3.05) is 19.8 Å². The normalized spacial score (nSPS) is 20.9. The predicted molar refractivity (Wildman–Crippen MR) is 68.5 cm³/mol. The number of morpholine rings is 1. The molecule has 1 aromatic heterocycles. The van der Waals surface area contributed by atoms with Crippen LogP contribution in [0.2, 0.25) is 10.2 Å². The lowest BCUT2D eigenvalue weighted by molar-refractivity contribution is -0.129. The van der Waals surface area contributed by atoms with Gasteiger partial charge in [-0.15, -0.1) is 0 Å². The first-order chi connectivity index (χ1) is 8.58. The number of aromatic nitrogens is 1. The smallest absolute Gasteiger partial charge is 0.237 e. The van der Waals surface area contributed by atoms with Crippen LogP contribution in [0.25, 0.3) is 0 Å². The minimum atomic E-state index is -0.425. The highest BCUT2D eigenvalue weighted by Gasteiger charge is 2.28. The van der Waals surface area contributed by atoms with Gasteiger partial charge in [0.15, 0.2) is 0 Å². The quantitative estimate of drug-likeness (QED) is 0.846. The third-order valence-corrected chi connectivity index (χ3v) is 3.40. The van der Waals surface area contributed by atoms with Crippen molar-refractivity contribution in [1.29, 1.82) is 0 Å². The molecule has 0 aliphatic carbocycles. The fourth-order valence-electron chi connectivity index (χ4n) is 1.86. The number of nitrogens with zero attached hydrogens (tertiary/aromatic N) is 2. The van der Waals surface area contributed by atoms with E-state index in [1.807, 2.05) is 4.90 Å². The number of halogens is 2. The molecule has 1 atom stereocenters. The Morgan fingerprint density at radius 2 is 2.39 bits per heavy atom. The Morgan fingerprint density at radius 1 is 1.61 bits per heavy atom. The Morgan fingerprint density at radius 3 is 3.06 bits per heavy atom. The molecule has 1 amide bonds. The summed E-state index contributed by atoms with van der Waals surface area (Å²) in [5, 5.41) is 0.877. The van der Waals surface area contributed by atoms with Crippen LogP contribution >= 0.6 is 23.2 Å². The average molecular weight is 290 g/mol. The van der Waals surface area contributed by atoms with E-state index in [0.29, 0.717) is 36.5 Å². The van der Waals surface area contributed by atoms with Crippen molar-refractivity contribution in [2.45, 2.75) is 12.6 Å². The van der Waals surface area contributed by atoms with Gasteiger partial charge in [0, 0.05) is 29.9 Å². The molecular weight excluding hydrogens is 277 g/mol. The van der Waals surface area contributed by atoms with Crippen LogP contribution in [0.3, 0.4) is 0 Å². The minimum Gasteiger partial charge on any atom is -0.378 e. The number of hydrogen-bond donors (Lipinski definition) is 1. The lowest BCUT2D eigenvalue weighted by Crippen LogP contribution is -2.51. The van der Waals surface area contributed by atoms with E-state index in [9.17, 15) is 4.79 Å². The van der Waals surface area contributed by atoms with Gasteiger partial charge in [-0.1, -0.05) is 23.2 Å². The van der Waals surface area contributed by atoms with Crippen LogP contribution in [-0.4, -0.2) is 41.6 Å². The van der Waals surface area contributed by atoms with Crippen molar-refractivity contribution in [3.05, 3.63) is 28.0 Å². The topological polar surface area (TPSA) is 68.5 Å². The molecule has 0 aromatic carbocycles. The number of nitrogens with two attached hydrogens (primary N) is 1. The Hall–Kier alpha value is -0.880. The fourth-order valence-corrected chi connectivity index (χ4v) is 2.29. The standard InChI is InChI=1S/C11H13Cl2N3O2/c12-8-3-10(13)15-4-7(8)5-16-1-2-18-6-9(16)11(14)17/h3-4,9H,1-2,5-6H2,(H2,14,17). The average Bonchev–Trinajstić information content (AvgIpc) is 2.33. The Labute approximate surface area is 115 Å². The van der Waals surface area contributed by atoms with E-state index >= 15 is 0 Å². The number of rotatable bonds is 3. The number of hydrogen-bond acceptors (Lipinski definition) is 4. The lowest BCUT2D eigenvalue weighted by atomic mass is 10.2. The second-order valence-electron chi connectivity index (χ2n) is 4.06. The van der Waals surface area contributed by atoms with Crippen molar-refractivity contribution in [3.8, 4) is 0 Å². The van der Waals surface area contributed by atoms with Crippen LogP contribution in [0, 0.1) is 0 Å². The van der Waals surface area contributed by atoms with Crippen LogP contribution in [0.1, 0.15) is 5.56 Å². The Kier molecular flexibility index (Phi) is 4.40. The van der Waals surface area contributed by atoms with Gasteiger partial charge in [-0.3, -0.25) is 9.69 Å². The largest absolute Gasteiger partial charge is 0.378 e. The van der Waals surface area contributed by atoms with Crippen LogP contribution in [0.15, 0.2) is 12.3 Å². The molecule has 1 saturated heterocycles. The van der Waals surface area contributed by atoms with E-state index in [4.69, 9.17) is 33.7 Å². The van der Waals surface area contributed by atoms with Gasteiger partial charge in [0.2, 0.25) is 5.91 Å². The van der Waals surface area contributed by atoms with Crippen LogP contribution in [0.4, 0.5) is 0 Å². The first-order valence-corrected chi connectivity index (χ1v) is 6.24. The molecule has 1 aliphatic rings. The molecular formula is C11H13Cl2N3O2. The van der Waals surface area contributed by atoms with Gasteiger partial charge in [0.25, 0.3) is 0 Å². The third-order valence-electron chi connectivity index (χ3n) is 2.84. The van der Waals surface area contributed by atoms with Gasteiger partial charge in [0.1, 0.15) is 11.2 Å². The second kappa shape index (κ2) is 5.84. The monoisotopic (exact) mass is 289 g/mol. The van der Waals surface area contributed by atoms with Crippen molar-refractivity contribution in [2.24, 2.45) is 5.73 Å². The maximum atomic E-state index is 11.3. The van der Waals surface area contributed by atoms with E-state index in [-0.39, 0.29) is 0 Å². The molecule has 98 valence electrons. The van der Waals surface area contributed by atoms with Crippen molar-refractivity contribution in [1.82, 2.24) is 9.88 Å². The summed E-state index contributed by atoms with van der Waals surface area (Å²) < 4.78 is 5.25. The maximum Gasteiger partial charge on any atom is 0.237 e. The summed E-state index contributed by atoms with van der Waals surface area (Å²) in [6.07, 6.45) is 1.61. The number of carbonyl (C=O) groups excluding carboxylic acids is 1. The molecule has 2 rings (SSSR count). The van der Waals surface area contributed by atoms with Gasteiger partial charge in [-0.2, -0.15) is 0 Å². The molecule has 1 aromatic rings. The minimum absolute atomic E-state index is 0.313. The van der Waals surface area contributed by atoms with Crippen LogP contribution in [-0.2, 0) is 16.1 Å². The highest BCUT2D eigenvalue weighted by Crippen LogP contribution is 2.21. The maximum absolute atomic E-state index is 11.3. The number of pyridine rings is 1. The second-order valence-corrected chi connectivity index (χ2v) is 4.86. The number of ether oxygens (including phenoxy) is 1. The highest BCUT2D eigenvalue weighted by atomic mass is 35.5. The van der Waals surface area contributed by atoms with Crippen molar-refractivity contribution >= 4 is 29.1 Å². The summed E-state index contributed by atoms with van der Waals surface area (Å²) >= 11 is 11.8. The predicted octanol–water partition coefficient (Wildman–Crippen LogP) is 1.07.